The molecule has 1 aromatic heterocycles. The zero-order valence-electron chi connectivity index (χ0n) is 10.0. The number of hydrogen-bond donors (Lipinski definition) is 2. The maximum Gasteiger partial charge on any atom is 0.307 e. The van der Waals surface area contributed by atoms with Crippen molar-refractivity contribution >= 4 is 46.5 Å². The van der Waals surface area contributed by atoms with E-state index in [0.717, 1.165) is 0 Å². The topological polar surface area (TPSA) is 76.2 Å². The first-order chi connectivity index (χ1) is 9.40. The van der Waals surface area contributed by atoms with Crippen LogP contribution in [-0.4, -0.2) is 16.1 Å². The number of carboxylic acids is 1. The van der Waals surface area contributed by atoms with Crippen LogP contribution in [0.2, 0.25) is 15.1 Å². The van der Waals surface area contributed by atoms with Gasteiger partial charge in [-0.2, -0.15) is 0 Å². The minimum absolute atomic E-state index is 0.204. The van der Waals surface area contributed by atoms with Gasteiger partial charge in [0.05, 0.1) is 27.8 Å². The maximum atomic E-state index is 10.8. The molecule has 0 bridgehead atoms. The molecule has 4 nitrogen and oxygen atoms in total. The van der Waals surface area contributed by atoms with Crippen molar-refractivity contribution < 1.29 is 9.90 Å². The van der Waals surface area contributed by atoms with E-state index < -0.39 is 5.97 Å². The summed E-state index contributed by atoms with van der Waals surface area (Å²) in [5.41, 5.74) is 7.42. The third kappa shape index (κ3) is 2.98. The molecule has 2 rings (SSSR count). The first kappa shape index (κ1) is 14.9. The summed E-state index contributed by atoms with van der Waals surface area (Å²) in [5, 5.41) is 9.85. The van der Waals surface area contributed by atoms with Crippen LogP contribution in [0.3, 0.4) is 0 Å². The average molecular weight is 332 g/mol. The number of pyridine rings is 1. The van der Waals surface area contributed by atoms with Crippen LogP contribution in [0.1, 0.15) is 5.56 Å². The monoisotopic (exact) mass is 330 g/mol. The van der Waals surface area contributed by atoms with Gasteiger partial charge in [0.1, 0.15) is 0 Å². The Labute approximate surface area is 130 Å². The molecule has 1 heterocycles. The lowest BCUT2D eigenvalue weighted by Crippen LogP contribution is -2.06. The SMILES string of the molecule is Nc1c(CC(=O)O)ccnc1-c1c(Cl)cc(Cl)cc1Cl. The number of aromatic nitrogens is 1. The van der Waals surface area contributed by atoms with Gasteiger partial charge in [0, 0.05) is 16.8 Å². The summed E-state index contributed by atoms with van der Waals surface area (Å²) in [5.74, 6) is -0.984. The van der Waals surface area contributed by atoms with Crippen molar-refractivity contribution in [3.63, 3.8) is 0 Å². The van der Waals surface area contributed by atoms with Gasteiger partial charge >= 0.3 is 5.97 Å². The van der Waals surface area contributed by atoms with Gasteiger partial charge in [-0.3, -0.25) is 9.78 Å². The van der Waals surface area contributed by atoms with E-state index in [4.69, 9.17) is 45.6 Å². The standard InChI is InChI=1S/C13H9Cl3N2O2/c14-7-4-8(15)11(9(16)5-7)13-12(17)6(1-2-18-13)3-10(19)20/h1-2,4-5H,3,17H2,(H,19,20). The number of nitrogen functional groups attached to an aromatic ring is 1. The second-order valence-corrected chi connectivity index (χ2v) is 5.30. The molecule has 0 spiro atoms. The first-order valence-corrected chi connectivity index (χ1v) is 6.63. The summed E-state index contributed by atoms with van der Waals surface area (Å²) in [6.45, 7) is 0. The highest BCUT2D eigenvalue weighted by Crippen LogP contribution is 2.39. The first-order valence-electron chi connectivity index (χ1n) is 5.50. The molecule has 0 fully saturated rings. The predicted octanol–water partition coefficient (Wildman–Crippen LogP) is 3.92. The number of hydrogen-bond acceptors (Lipinski definition) is 3. The van der Waals surface area contributed by atoms with E-state index >= 15 is 0 Å². The van der Waals surface area contributed by atoms with Gasteiger partial charge < -0.3 is 10.8 Å². The van der Waals surface area contributed by atoms with E-state index in [1.165, 1.54) is 18.3 Å². The van der Waals surface area contributed by atoms with Crippen molar-refractivity contribution in [3.05, 3.63) is 45.0 Å². The summed E-state index contributed by atoms with van der Waals surface area (Å²) in [7, 11) is 0. The highest BCUT2D eigenvalue weighted by atomic mass is 35.5. The van der Waals surface area contributed by atoms with Crippen LogP contribution in [0.15, 0.2) is 24.4 Å². The van der Waals surface area contributed by atoms with Gasteiger partial charge in [0.2, 0.25) is 0 Å². The lowest BCUT2D eigenvalue weighted by Gasteiger charge is -2.12. The number of anilines is 1. The molecule has 0 unspecified atom stereocenters. The molecule has 0 aliphatic heterocycles. The molecule has 0 aliphatic carbocycles. The Kier molecular flexibility index (Phi) is 4.38. The Balaban J connectivity index is 2.62. The second-order valence-electron chi connectivity index (χ2n) is 4.05. The minimum atomic E-state index is -0.984. The Morgan fingerprint density at radius 1 is 1.25 bits per heavy atom. The van der Waals surface area contributed by atoms with Crippen molar-refractivity contribution in [2.24, 2.45) is 0 Å². The van der Waals surface area contributed by atoms with Gasteiger partial charge in [0.15, 0.2) is 0 Å². The molecule has 7 heteroatoms. The minimum Gasteiger partial charge on any atom is -0.481 e. The Morgan fingerprint density at radius 2 is 1.85 bits per heavy atom. The van der Waals surface area contributed by atoms with E-state index in [-0.39, 0.29) is 12.1 Å². The maximum absolute atomic E-state index is 10.8. The van der Waals surface area contributed by atoms with Crippen LogP contribution in [0, 0.1) is 0 Å². The number of halogens is 3. The molecule has 0 atom stereocenters. The summed E-state index contributed by atoms with van der Waals surface area (Å²) in [4.78, 5) is 14.9. The zero-order chi connectivity index (χ0) is 14.9. The number of rotatable bonds is 3. The molecule has 1 aromatic carbocycles. The highest BCUT2D eigenvalue weighted by molar-refractivity contribution is 6.41. The molecule has 0 saturated carbocycles. The van der Waals surface area contributed by atoms with E-state index in [1.54, 1.807) is 6.07 Å². The van der Waals surface area contributed by atoms with E-state index in [1.807, 2.05) is 0 Å². The Bertz CT molecular complexity index is 666. The van der Waals surface area contributed by atoms with Gasteiger partial charge in [-0.1, -0.05) is 34.8 Å². The fraction of sp³-hybridized carbons (Fsp3) is 0.0769. The van der Waals surface area contributed by atoms with Crippen LogP contribution in [0.4, 0.5) is 5.69 Å². The largest absolute Gasteiger partial charge is 0.481 e. The molecule has 0 aliphatic rings. The quantitative estimate of drug-likeness (QED) is 0.893. The van der Waals surface area contributed by atoms with Crippen molar-refractivity contribution in [1.82, 2.24) is 4.98 Å². The average Bonchev–Trinajstić information content (AvgIpc) is 2.32. The van der Waals surface area contributed by atoms with Gasteiger partial charge in [-0.25, -0.2) is 0 Å². The smallest absolute Gasteiger partial charge is 0.307 e. The van der Waals surface area contributed by atoms with Gasteiger partial charge in [0.25, 0.3) is 0 Å². The Morgan fingerprint density at radius 3 is 2.40 bits per heavy atom. The van der Waals surface area contributed by atoms with Crippen molar-refractivity contribution in [1.29, 1.82) is 0 Å². The van der Waals surface area contributed by atoms with Crippen LogP contribution >= 0.6 is 34.8 Å². The number of nitrogens with zero attached hydrogens (tertiary/aromatic N) is 1. The fourth-order valence-corrected chi connectivity index (χ4v) is 2.79. The molecule has 0 radical (unpaired) electrons. The van der Waals surface area contributed by atoms with Crippen LogP contribution < -0.4 is 5.73 Å². The highest BCUT2D eigenvalue weighted by Gasteiger charge is 2.17. The summed E-state index contributed by atoms with van der Waals surface area (Å²) < 4.78 is 0. The van der Waals surface area contributed by atoms with E-state index in [9.17, 15) is 4.79 Å². The summed E-state index contributed by atoms with van der Waals surface area (Å²) >= 11 is 18.1. The Hall–Kier alpha value is -1.49. The third-order valence-corrected chi connectivity index (χ3v) is 3.48. The third-order valence-electron chi connectivity index (χ3n) is 2.67. The summed E-state index contributed by atoms with van der Waals surface area (Å²) in [6, 6.07) is 4.59. The molecule has 0 amide bonds. The zero-order valence-corrected chi connectivity index (χ0v) is 12.3. The summed E-state index contributed by atoms with van der Waals surface area (Å²) in [6.07, 6.45) is 1.26. The molecule has 2 aromatic rings. The molecule has 104 valence electrons. The predicted molar refractivity (Wildman–Crippen MR) is 80.5 cm³/mol. The number of aliphatic carboxylic acids is 1. The van der Waals surface area contributed by atoms with E-state index in [2.05, 4.69) is 4.98 Å². The normalized spacial score (nSPS) is 10.6. The number of benzene rings is 1. The molecular formula is C13H9Cl3N2O2. The van der Waals surface area contributed by atoms with Crippen LogP contribution in [-0.2, 0) is 11.2 Å². The van der Waals surface area contributed by atoms with Crippen molar-refractivity contribution in [3.8, 4) is 11.3 Å². The second kappa shape index (κ2) is 5.87. The van der Waals surface area contributed by atoms with Crippen LogP contribution in [0.25, 0.3) is 11.3 Å². The lowest BCUT2D eigenvalue weighted by atomic mass is 10.0. The number of nitrogens with two attached hydrogens (primary N) is 1. The van der Waals surface area contributed by atoms with E-state index in [0.29, 0.717) is 31.9 Å². The number of carbonyl (C=O) groups is 1. The molecule has 3 N–H and O–H groups in total. The van der Waals surface area contributed by atoms with Gasteiger partial charge in [-0.05, 0) is 23.8 Å². The lowest BCUT2D eigenvalue weighted by molar-refractivity contribution is -0.136. The van der Waals surface area contributed by atoms with Gasteiger partial charge in [-0.15, -0.1) is 0 Å². The number of carboxylic acid groups (broad SMARTS) is 1. The van der Waals surface area contributed by atoms with Crippen LogP contribution in [0.5, 0.6) is 0 Å². The molecule has 0 saturated heterocycles. The van der Waals surface area contributed by atoms with Crippen molar-refractivity contribution in [2.75, 3.05) is 5.73 Å². The van der Waals surface area contributed by atoms with Crippen molar-refractivity contribution in [2.45, 2.75) is 6.42 Å². The molecular weight excluding hydrogens is 323 g/mol. The fourth-order valence-electron chi connectivity index (χ4n) is 1.80. The molecule has 20 heavy (non-hydrogen) atoms.